The highest BCUT2D eigenvalue weighted by atomic mass is 16.7. The summed E-state index contributed by atoms with van der Waals surface area (Å²) in [5.74, 6) is -0.676. The van der Waals surface area contributed by atoms with Gasteiger partial charge in [0.1, 0.15) is 0 Å². The maximum Gasteiger partial charge on any atom is 0.439 e. The second-order valence-electron chi connectivity index (χ2n) is 3.20. The molecule has 0 heterocycles. The molecule has 0 aromatic heterocycles. The number of hydrogen-bond donors (Lipinski definition) is 1. The Labute approximate surface area is 71.0 Å². The van der Waals surface area contributed by atoms with Crippen molar-refractivity contribution in [1.82, 2.24) is 5.48 Å². The number of hydroxylamine groups is 1. The topological polar surface area (TPSA) is 64.6 Å². The molecule has 0 aliphatic heterocycles. The number of ether oxygens (including phenoxy) is 1. The smallest absolute Gasteiger partial charge is 0.375 e. The molecule has 0 saturated heterocycles. The van der Waals surface area contributed by atoms with E-state index in [1.54, 1.807) is 20.8 Å². The van der Waals surface area contributed by atoms with Crippen molar-refractivity contribution in [3.63, 3.8) is 0 Å². The lowest BCUT2D eigenvalue weighted by Gasteiger charge is -2.17. The zero-order valence-electron chi connectivity index (χ0n) is 7.63. The van der Waals surface area contributed by atoms with Gasteiger partial charge >= 0.3 is 12.1 Å². The minimum atomic E-state index is -0.905. The van der Waals surface area contributed by atoms with E-state index in [2.05, 4.69) is 4.74 Å². The summed E-state index contributed by atoms with van der Waals surface area (Å²) < 4.78 is 4.13. The summed E-state index contributed by atoms with van der Waals surface area (Å²) >= 11 is 0. The molecule has 0 aliphatic carbocycles. The molecule has 0 aliphatic rings. The SMILES string of the molecule is CC(=O)OC(=O)NOC(C)(C)C. The fourth-order valence-corrected chi connectivity index (χ4v) is 0.346. The minimum Gasteiger partial charge on any atom is -0.375 e. The van der Waals surface area contributed by atoms with E-state index < -0.39 is 17.7 Å². The standard InChI is InChI=1S/C7H13NO4/c1-5(9)11-6(10)8-12-7(2,3)4/h1-4H3,(H,8,10). The molecule has 1 amide bonds. The monoisotopic (exact) mass is 175 g/mol. The van der Waals surface area contributed by atoms with Crippen molar-refractivity contribution < 1.29 is 19.2 Å². The van der Waals surface area contributed by atoms with Gasteiger partial charge in [0.25, 0.3) is 0 Å². The number of amides is 1. The Morgan fingerprint density at radius 3 is 2.08 bits per heavy atom. The molecule has 0 atom stereocenters. The lowest BCUT2D eigenvalue weighted by Crippen LogP contribution is -2.34. The maximum atomic E-state index is 10.6. The van der Waals surface area contributed by atoms with Gasteiger partial charge in [-0.1, -0.05) is 0 Å². The fourth-order valence-electron chi connectivity index (χ4n) is 0.346. The Kier molecular flexibility index (Phi) is 3.69. The van der Waals surface area contributed by atoms with Gasteiger partial charge in [0, 0.05) is 6.92 Å². The van der Waals surface area contributed by atoms with Crippen LogP contribution in [0.2, 0.25) is 0 Å². The fraction of sp³-hybridized carbons (Fsp3) is 0.714. The van der Waals surface area contributed by atoms with E-state index in [4.69, 9.17) is 4.84 Å². The highest BCUT2D eigenvalue weighted by Crippen LogP contribution is 2.03. The first-order valence-corrected chi connectivity index (χ1v) is 3.47. The molecule has 0 aromatic carbocycles. The second kappa shape index (κ2) is 4.06. The van der Waals surface area contributed by atoms with Crippen LogP contribution in [0.15, 0.2) is 0 Å². The van der Waals surface area contributed by atoms with Gasteiger partial charge in [-0.3, -0.25) is 9.63 Å². The molecule has 0 saturated carbocycles. The van der Waals surface area contributed by atoms with Gasteiger partial charge in [-0.25, -0.2) is 4.79 Å². The number of hydrogen-bond acceptors (Lipinski definition) is 4. The molecule has 0 fully saturated rings. The van der Waals surface area contributed by atoms with Crippen LogP contribution in [0.25, 0.3) is 0 Å². The predicted molar refractivity (Wildman–Crippen MR) is 41.1 cm³/mol. The Hall–Kier alpha value is -1.10. The van der Waals surface area contributed by atoms with E-state index in [1.807, 2.05) is 5.48 Å². The minimum absolute atomic E-state index is 0.504. The lowest BCUT2D eigenvalue weighted by atomic mass is 10.2. The van der Waals surface area contributed by atoms with Gasteiger partial charge in [0.2, 0.25) is 0 Å². The van der Waals surface area contributed by atoms with Crippen molar-refractivity contribution in [3.05, 3.63) is 0 Å². The average molecular weight is 175 g/mol. The molecular formula is C7H13NO4. The molecule has 12 heavy (non-hydrogen) atoms. The highest BCUT2D eigenvalue weighted by Gasteiger charge is 2.13. The number of rotatable bonds is 1. The van der Waals surface area contributed by atoms with E-state index in [0.717, 1.165) is 6.92 Å². The number of carbonyl (C=O) groups excluding carboxylic acids is 2. The summed E-state index contributed by atoms with van der Waals surface area (Å²) in [6, 6.07) is 0. The summed E-state index contributed by atoms with van der Waals surface area (Å²) in [6.07, 6.45) is -0.905. The number of carbonyl (C=O) groups is 2. The summed E-state index contributed by atoms with van der Waals surface area (Å²) in [7, 11) is 0. The highest BCUT2D eigenvalue weighted by molar-refractivity contribution is 5.82. The largest absolute Gasteiger partial charge is 0.439 e. The zero-order chi connectivity index (χ0) is 9.78. The number of nitrogens with one attached hydrogen (secondary N) is 1. The molecule has 1 N–H and O–H groups in total. The molecule has 5 nitrogen and oxygen atoms in total. The van der Waals surface area contributed by atoms with Crippen molar-refractivity contribution >= 4 is 12.1 Å². The molecule has 0 unspecified atom stereocenters. The van der Waals surface area contributed by atoms with Crippen LogP contribution in [-0.4, -0.2) is 17.7 Å². The third-order valence-electron chi connectivity index (χ3n) is 0.677. The van der Waals surface area contributed by atoms with E-state index in [0.29, 0.717) is 0 Å². The van der Waals surface area contributed by atoms with Crippen molar-refractivity contribution in [2.45, 2.75) is 33.3 Å². The van der Waals surface area contributed by atoms with Crippen LogP contribution >= 0.6 is 0 Å². The second-order valence-corrected chi connectivity index (χ2v) is 3.20. The van der Waals surface area contributed by atoms with E-state index in [9.17, 15) is 9.59 Å². The first kappa shape index (κ1) is 10.9. The Balaban J connectivity index is 3.65. The van der Waals surface area contributed by atoms with E-state index >= 15 is 0 Å². The van der Waals surface area contributed by atoms with Crippen LogP contribution in [0.3, 0.4) is 0 Å². The van der Waals surface area contributed by atoms with Gasteiger partial charge in [-0.05, 0) is 20.8 Å². The molecule has 0 rings (SSSR count). The lowest BCUT2D eigenvalue weighted by molar-refractivity contribution is -0.137. The molecule has 0 bridgehead atoms. The normalized spacial score (nSPS) is 10.7. The van der Waals surface area contributed by atoms with Gasteiger partial charge < -0.3 is 4.74 Å². The van der Waals surface area contributed by atoms with E-state index in [-0.39, 0.29) is 0 Å². The third kappa shape index (κ3) is 7.01. The first-order chi connectivity index (χ1) is 5.31. The van der Waals surface area contributed by atoms with Crippen LogP contribution in [0.5, 0.6) is 0 Å². The van der Waals surface area contributed by atoms with Crippen molar-refractivity contribution in [2.24, 2.45) is 0 Å². The molecular weight excluding hydrogens is 162 g/mol. The Bertz CT molecular complexity index is 182. The van der Waals surface area contributed by atoms with Crippen LogP contribution in [0, 0.1) is 0 Å². The van der Waals surface area contributed by atoms with Gasteiger partial charge in [0.05, 0.1) is 5.60 Å². The summed E-state index contributed by atoms with van der Waals surface area (Å²) in [5, 5.41) is 0. The van der Waals surface area contributed by atoms with E-state index in [1.165, 1.54) is 0 Å². The maximum absolute atomic E-state index is 10.6. The molecule has 0 spiro atoms. The summed E-state index contributed by atoms with van der Waals surface area (Å²) in [4.78, 5) is 25.7. The summed E-state index contributed by atoms with van der Waals surface area (Å²) in [6.45, 7) is 6.39. The van der Waals surface area contributed by atoms with Crippen LogP contribution in [0.4, 0.5) is 4.79 Å². The number of esters is 1. The summed E-state index contributed by atoms with van der Waals surface area (Å²) in [5.41, 5.74) is 1.47. The Morgan fingerprint density at radius 2 is 1.75 bits per heavy atom. The predicted octanol–water partition coefficient (Wildman–Crippen LogP) is 0.989. The van der Waals surface area contributed by atoms with Gasteiger partial charge in [0.15, 0.2) is 0 Å². The van der Waals surface area contributed by atoms with Crippen molar-refractivity contribution in [2.75, 3.05) is 0 Å². The quantitative estimate of drug-likeness (QED) is 0.366. The van der Waals surface area contributed by atoms with Crippen molar-refractivity contribution in [3.8, 4) is 0 Å². The molecule has 70 valence electrons. The zero-order valence-corrected chi connectivity index (χ0v) is 7.63. The van der Waals surface area contributed by atoms with Crippen LogP contribution in [-0.2, 0) is 14.4 Å². The van der Waals surface area contributed by atoms with Crippen LogP contribution < -0.4 is 5.48 Å². The molecule has 0 radical (unpaired) electrons. The van der Waals surface area contributed by atoms with Gasteiger partial charge in [-0.15, -0.1) is 0 Å². The molecule has 0 aromatic rings. The van der Waals surface area contributed by atoms with Crippen LogP contribution in [0.1, 0.15) is 27.7 Å². The molecule has 5 heteroatoms. The third-order valence-corrected chi connectivity index (χ3v) is 0.677. The Morgan fingerprint density at radius 1 is 1.25 bits per heavy atom. The van der Waals surface area contributed by atoms with Crippen molar-refractivity contribution in [1.29, 1.82) is 0 Å². The van der Waals surface area contributed by atoms with Gasteiger partial charge in [-0.2, -0.15) is 5.48 Å². The first-order valence-electron chi connectivity index (χ1n) is 3.47. The average Bonchev–Trinajstić information content (AvgIpc) is 1.80.